The van der Waals surface area contributed by atoms with Crippen LogP contribution in [0.5, 0.6) is 23.0 Å². The molecule has 7 nitrogen and oxygen atoms in total. The molecule has 0 aromatic heterocycles. The van der Waals surface area contributed by atoms with Gasteiger partial charge in [0.05, 0.1) is 40.2 Å². The van der Waals surface area contributed by atoms with Gasteiger partial charge in [-0.25, -0.2) is 5.43 Å². The number of rotatable bonds is 7. The van der Waals surface area contributed by atoms with Gasteiger partial charge in [0.15, 0.2) is 11.5 Å². The fourth-order valence-corrected chi connectivity index (χ4v) is 2.14. The molecule has 2 rings (SSSR count). The lowest BCUT2D eigenvalue weighted by Gasteiger charge is -2.09. The van der Waals surface area contributed by atoms with Gasteiger partial charge in [0, 0.05) is 6.07 Å². The molecular weight excluding hydrogens is 324 g/mol. The van der Waals surface area contributed by atoms with E-state index in [2.05, 4.69) is 10.5 Å². The molecule has 132 valence electrons. The molecule has 0 unspecified atom stereocenters. The summed E-state index contributed by atoms with van der Waals surface area (Å²) in [6.07, 6.45) is 1.51. The van der Waals surface area contributed by atoms with E-state index in [-0.39, 0.29) is 0 Å². The van der Waals surface area contributed by atoms with Crippen molar-refractivity contribution in [3.8, 4) is 23.0 Å². The fourth-order valence-electron chi connectivity index (χ4n) is 2.14. The van der Waals surface area contributed by atoms with E-state index in [1.807, 2.05) is 0 Å². The summed E-state index contributed by atoms with van der Waals surface area (Å²) in [6.45, 7) is 0. The zero-order valence-corrected chi connectivity index (χ0v) is 14.5. The number of nitrogens with zero attached hydrogens (tertiary/aromatic N) is 1. The molecule has 0 aliphatic rings. The number of ether oxygens (including phenoxy) is 4. The zero-order chi connectivity index (χ0) is 18.2. The predicted octanol–water partition coefficient (Wildman–Crippen LogP) is 2.48. The number of nitrogens with one attached hydrogen (secondary N) is 1. The Balaban J connectivity index is 2.10. The van der Waals surface area contributed by atoms with Gasteiger partial charge in [0.2, 0.25) is 0 Å². The van der Waals surface area contributed by atoms with Gasteiger partial charge in [-0.2, -0.15) is 5.10 Å². The third kappa shape index (κ3) is 4.41. The first kappa shape index (κ1) is 18.1. The lowest BCUT2D eigenvalue weighted by atomic mass is 10.2. The van der Waals surface area contributed by atoms with Crippen LogP contribution >= 0.6 is 0 Å². The Kier molecular flexibility index (Phi) is 6.22. The highest BCUT2D eigenvalue weighted by atomic mass is 16.5. The summed E-state index contributed by atoms with van der Waals surface area (Å²) in [7, 11) is 6.14. The van der Waals surface area contributed by atoms with Crippen molar-refractivity contribution in [3.63, 3.8) is 0 Å². The van der Waals surface area contributed by atoms with E-state index in [1.54, 1.807) is 57.7 Å². The Morgan fingerprint density at radius 2 is 1.60 bits per heavy atom. The molecule has 0 fully saturated rings. The second kappa shape index (κ2) is 8.58. The highest BCUT2D eigenvalue weighted by molar-refractivity contribution is 5.97. The normalized spacial score (nSPS) is 10.4. The maximum absolute atomic E-state index is 12.2. The lowest BCUT2D eigenvalue weighted by Crippen LogP contribution is -2.18. The number of carbonyl (C=O) groups excluding carboxylic acids is 1. The van der Waals surface area contributed by atoms with Crippen molar-refractivity contribution in [2.24, 2.45) is 5.10 Å². The number of carbonyl (C=O) groups is 1. The van der Waals surface area contributed by atoms with E-state index < -0.39 is 5.91 Å². The third-order valence-electron chi connectivity index (χ3n) is 3.44. The highest BCUT2D eigenvalue weighted by Gasteiger charge is 2.12. The number of amides is 1. The molecular formula is C18H20N2O5. The molecule has 2 aromatic rings. The van der Waals surface area contributed by atoms with Crippen molar-refractivity contribution in [3.05, 3.63) is 47.5 Å². The molecule has 0 aliphatic carbocycles. The topological polar surface area (TPSA) is 78.4 Å². The van der Waals surface area contributed by atoms with Crippen molar-refractivity contribution in [2.45, 2.75) is 0 Å². The number of hydrogen-bond donors (Lipinski definition) is 1. The molecule has 7 heteroatoms. The second-order valence-corrected chi connectivity index (χ2v) is 4.88. The van der Waals surface area contributed by atoms with E-state index in [9.17, 15) is 4.79 Å². The van der Waals surface area contributed by atoms with Gasteiger partial charge in [-0.15, -0.1) is 0 Å². The minimum absolute atomic E-state index is 0.354. The summed E-state index contributed by atoms with van der Waals surface area (Å²) in [5.41, 5.74) is 3.57. The van der Waals surface area contributed by atoms with Crippen LogP contribution in [0.2, 0.25) is 0 Å². The molecule has 1 N–H and O–H groups in total. The van der Waals surface area contributed by atoms with E-state index in [4.69, 9.17) is 18.9 Å². The van der Waals surface area contributed by atoms with E-state index in [1.165, 1.54) is 13.3 Å². The van der Waals surface area contributed by atoms with Gasteiger partial charge in [0.1, 0.15) is 11.5 Å². The quantitative estimate of drug-likeness (QED) is 0.617. The lowest BCUT2D eigenvalue weighted by molar-refractivity contribution is 0.0952. The van der Waals surface area contributed by atoms with Gasteiger partial charge >= 0.3 is 0 Å². The summed E-state index contributed by atoms with van der Waals surface area (Å²) >= 11 is 0. The van der Waals surface area contributed by atoms with Crippen molar-refractivity contribution in [1.29, 1.82) is 0 Å². The molecule has 0 radical (unpaired) electrons. The van der Waals surface area contributed by atoms with Gasteiger partial charge < -0.3 is 18.9 Å². The van der Waals surface area contributed by atoms with Crippen molar-refractivity contribution >= 4 is 12.1 Å². The fraction of sp³-hybridized carbons (Fsp3) is 0.222. The highest BCUT2D eigenvalue weighted by Crippen LogP contribution is 2.27. The maximum atomic E-state index is 12.2. The summed E-state index contributed by atoms with van der Waals surface area (Å²) < 4.78 is 20.7. The van der Waals surface area contributed by atoms with Crippen LogP contribution in [0.4, 0.5) is 0 Å². The summed E-state index contributed by atoms with van der Waals surface area (Å²) in [6, 6.07) is 10.2. The minimum Gasteiger partial charge on any atom is -0.497 e. The first-order valence-electron chi connectivity index (χ1n) is 7.40. The van der Waals surface area contributed by atoms with Gasteiger partial charge in [-0.05, 0) is 35.9 Å². The average molecular weight is 344 g/mol. The largest absolute Gasteiger partial charge is 0.497 e. The minimum atomic E-state index is -0.392. The Bertz CT molecular complexity index is 774. The molecule has 0 spiro atoms. The Labute approximate surface area is 146 Å². The first-order valence-corrected chi connectivity index (χ1v) is 7.40. The molecule has 0 saturated carbocycles. The maximum Gasteiger partial charge on any atom is 0.275 e. The molecule has 0 saturated heterocycles. The summed E-state index contributed by atoms with van der Waals surface area (Å²) in [4.78, 5) is 12.2. The average Bonchev–Trinajstić information content (AvgIpc) is 2.66. The Morgan fingerprint density at radius 1 is 0.880 bits per heavy atom. The van der Waals surface area contributed by atoms with E-state index in [0.29, 0.717) is 28.6 Å². The monoisotopic (exact) mass is 344 g/mol. The molecule has 0 heterocycles. The molecule has 1 amide bonds. The van der Waals surface area contributed by atoms with Crippen LogP contribution in [-0.4, -0.2) is 40.6 Å². The number of hydrogen-bond acceptors (Lipinski definition) is 6. The third-order valence-corrected chi connectivity index (χ3v) is 3.44. The van der Waals surface area contributed by atoms with Crippen LogP contribution < -0.4 is 24.4 Å². The zero-order valence-electron chi connectivity index (χ0n) is 14.5. The molecule has 0 aliphatic heterocycles. The van der Waals surface area contributed by atoms with Gasteiger partial charge in [-0.1, -0.05) is 0 Å². The summed E-state index contributed by atoms with van der Waals surface area (Å²) in [5.74, 6) is 1.80. The molecule has 0 atom stereocenters. The van der Waals surface area contributed by atoms with Crippen LogP contribution in [0.3, 0.4) is 0 Å². The van der Waals surface area contributed by atoms with E-state index in [0.717, 1.165) is 5.56 Å². The Hall–Kier alpha value is -3.22. The molecule has 0 bridgehead atoms. The first-order chi connectivity index (χ1) is 12.1. The molecule has 25 heavy (non-hydrogen) atoms. The van der Waals surface area contributed by atoms with Gasteiger partial charge in [0.25, 0.3) is 5.91 Å². The number of hydrazone groups is 1. The summed E-state index contributed by atoms with van der Waals surface area (Å²) in [5, 5.41) is 3.96. The van der Waals surface area contributed by atoms with Crippen LogP contribution in [0, 0.1) is 0 Å². The van der Waals surface area contributed by atoms with Crippen molar-refractivity contribution in [2.75, 3.05) is 28.4 Å². The van der Waals surface area contributed by atoms with Crippen molar-refractivity contribution < 1.29 is 23.7 Å². The SMILES string of the molecule is COc1ccc(C(=O)NN=Cc2ccc(OC)c(OC)c2)c(OC)c1. The predicted molar refractivity (Wildman–Crippen MR) is 94.2 cm³/mol. The number of methoxy groups -OCH3 is 4. The van der Waals surface area contributed by atoms with Crippen LogP contribution in [-0.2, 0) is 0 Å². The number of benzene rings is 2. The van der Waals surface area contributed by atoms with Gasteiger partial charge in [-0.3, -0.25) is 4.79 Å². The molecule has 2 aromatic carbocycles. The standard InChI is InChI=1S/C18H20N2O5/c1-22-13-6-7-14(16(10-13)24-3)18(21)20-19-11-12-5-8-15(23-2)17(9-12)25-4/h5-11H,1-4H3,(H,20,21). The van der Waals surface area contributed by atoms with Crippen LogP contribution in [0.15, 0.2) is 41.5 Å². The van der Waals surface area contributed by atoms with E-state index >= 15 is 0 Å². The van der Waals surface area contributed by atoms with Crippen molar-refractivity contribution in [1.82, 2.24) is 5.43 Å². The van der Waals surface area contributed by atoms with Crippen LogP contribution in [0.1, 0.15) is 15.9 Å². The Morgan fingerprint density at radius 3 is 2.24 bits per heavy atom. The van der Waals surface area contributed by atoms with Crippen LogP contribution in [0.25, 0.3) is 0 Å². The smallest absolute Gasteiger partial charge is 0.275 e. The second-order valence-electron chi connectivity index (χ2n) is 4.88.